The average Bonchev–Trinajstić information content (AvgIpc) is 2.47. The Balaban J connectivity index is 2.27. The highest BCUT2D eigenvalue weighted by Crippen LogP contribution is 2.25. The zero-order chi connectivity index (χ0) is 13.9. The molecule has 0 saturated carbocycles. The molecule has 0 saturated heterocycles. The predicted octanol–water partition coefficient (Wildman–Crippen LogP) is 4.58. The molecule has 0 fully saturated rings. The van der Waals surface area contributed by atoms with Crippen molar-refractivity contribution in [3.8, 4) is 11.1 Å². The lowest BCUT2D eigenvalue weighted by atomic mass is 9.99. The average molecular weight is 260 g/mol. The van der Waals surface area contributed by atoms with Gasteiger partial charge in [-0.1, -0.05) is 61.5 Å². The van der Waals surface area contributed by atoms with Gasteiger partial charge in [0.15, 0.2) is 0 Å². The fourth-order valence-electron chi connectivity index (χ4n) is 1.82. The molecule has 1 nitrogen and oxygen atoms in total. The molecule has 0 bridgehead atoms. The fourth-order valence-corrected chi connectivity index (χ4v) is 1.82. The van der Waals surface area contributed by atoms with E-state index in [0.29, 0.717) is 0 Å². The van der Waals surface area contributed by atoms with E-state index >= 15 is 0 Å². The van der Waals surface area contributed by atoms with Crippen molar-refractivity contribution in [3.05, 3.63) is 60.2 Å². The minimum Gasteiger partial charge on any atom is -0.287 e. The van der Waals surface area contributed by atoms with Gasteiger partial charge >= 0.3 is 5.92 Å². The highest BCUT2D eigenvalue weighted by molar-refractivity contribution is 6.01. The number of ketones is 1. The standard InChI is InChI=1S/C16H14F2O/c1-2-16(17,18)15(19)14-10-8-13(9-11-14)12-6-4-3-5-7-12/h3-11H,2H2,1H3. The van der Waals surface area contributed by atoms with E-state index in [1.54, 1.807) is 12.1 Å². The van der Waals surface area contributed by atoms with Crippen molar-refractivity contribution < 1.29 is 13.6 Å². The summed E-state index contributed by atoms with van der Waals surface area (Å²) in [5.41, 5.74) is 1.94. The third-order valence-corrected chi connectivity index (χ3v) is 3.03. The zero-order valence-electron chi connectivity index (χ0n) is 10.6. The van der Waals surface area contributed by atoms with Gasteiger partial charge in [0.05, 0.1) is 0 Å². The normalized spacial score (nSPS) is 11.3. The SMILES string of the molecule is CCC(F)(F)C(=O)c1ccc(-c2ccccc2)cc1. The van der Waals surface area contributed by atoms with Gasteiger partial charge in [0, 0.05) is 12.0 Å². The maximum atomic E-state index is 13.3. The first kappa shape index (κ1) is 13.4. The second kappa shape index (κ2) is 5.31. The summed E-state index contributed by atoms with van der Waals surface area (Å²) in [6, 6.07) is 15.8. The molecule has 0 unspecified atom stereocenters. The highest BCUT2D eigenvalue weighted by Gasteiger charge is 2.36. The van der Waals surface area contributed by atoms with Gasteiger partial charge in [-0.2, -0.15) is 8.78 Å². The monoisotopic (exact) mass is 260 g/mol. The van der Waals surface area contributed by atoms with Crippen molar-refractivity contribution >= 4 is 5.78 Å². The van der Waals surface area contributed by atoms with E-state index in [-0.39, 0.29) is 5.56 Å². The van der Waals surface area contributed by atoms with Crippen LogP contribution in [0.3, 0.4) is 0 Å². The van der Waals surface area contributed by atoms with Gasteiger partial charge in [0.1, 0.15) is 0 Å². The van der Waals surface area contributed by atoms with Crippen LogP contribution in [-0.2, 0) is 0 Å². The van der Waals surface area contributed by atoms with Crippen LogP contribution in [0.4, 0.5) is 8.78 Å². The highest BCUT2D eigenvalue weighted by atomic mass is 19.3. The molecule has 2 aromatic carbocycles. The third kappa shape index (κ3) is 2.87. The van der Waals surface area contributed by atoms with E-state index in [4.69, 9.17) is 0 Å². The number of rotatable bonds is 4. The number of carbonyl (C=O) groups is 1. The minimum atomic E-state index is -3.28. The summed E-state index contributed by atoms with van der Waals surface area (Å²) >= 11 is 0. The van der Waals surface area contributed by atoms with Gasteiger partial charge < -0.3 is 0 Å². The van der Waals surface area contributed by atoms with Crippen LogP contribution in [0.2, 0.25) is 0 Å². The molecule has 3 heteroatoms. The van der Waals surface area contributed by atoms with E-state index in [9.17, 15) is 13.6 Å². The number of hydrogen-bond acceptors (Lipinski definition) is 1. The Kier molecular flexibility index (Phi) is 3.74. The van der Waals surface area contributed by atoms with Crippen molar-refractivity contribution in [2.24, 2.45) is 0 Å². The number of carbonyl (C=O) groups excluding carboxylic acids is 1. The summed E-state index contributed by atoms with van der Waals surface area (Å²) in [7, 11) is 0. The molecule has 0 aliphatic carbocycles. The quantitative estimate of drug-likeness (QED) is 0.735. The Morgan fingerprint density at radius 1 is 0.947 bits per heavy atom. The predicted molar refractivity (Wildman–Crippen MR) is 71.4 cm³/mol. The fraction of sp³-hybridized carbons (Fsp3) is 0.188. The van der Waals surface area contributed by atoms with Gasteiger partial charge in [-0.15, -0.1) is 0 Å². The number of hydrogen-bond donors (Lipinski definition) is 0. The van der Waals surface area contributed by atoms with Crippen LogP contribution in [0, 0.1) is 0 Å². The van der Waals surface area contributed by atoms with Crippen LogP contribution in [0.1, 0.15) is 23.7 Å². The molecule has 0 atom stereocenters. The summed E-state index contributed by atoms with van der Waals surface area (Å²) in [6.45, 7) is 1.30. The van der Waals surface area contributed by atoms with E-state index in [1.165, 1.54) is 19.1 Å². The molecule has 0 aliphatic heterocycles. The van der Waals surface area contributed by atoms with Gasteiger partial charge in [0.2, 0.25) is 5.78 Å². The van der Waals surface area contributed by atoms with Gasteiger partial charge in [0.25, 0.3) is 0 Å². The van der Waals surface area contributed by atoms with Gasteiger partial charge in [-0.25, -0.2) is 0 Å². The molecule has 19 heavy (non-hydrogen) atoms. The van der Waals surface area contributed by atoms with Crippen LogP contribution < -0.4 is 0 Å². The third-order valence-electron chi connectivity index (χ3n) is 3.03. The van der Waals surface area contributed by atoms with Gasteiger partial charge in [-0.3, -0.25) is 4.79 Å². The van der Waals surface area contributed by atoms with E-state index in [0.717, 1.165) is 11.1 Å². The number of benzene rings is 2. The molecule has 2 aromatic rings. The lowest BCUT2D eigenvalue weighted by molar-refractivity contribution is 0.00805. The number of alkyl halides is 2. The summed E-state index contributed by atoms with van der Waals surface area (Å²) in [4.78, 5) is 11.6. The maximum Gasteiger partial charge on any atom is 0.309 e. The van der Waals surface area contributed by atoms with Crippen molar-refractivity contribution in [1.82, 2.24) is 0 Å². The molecule has 0 radical (unpaired) electrons. The first-order valence-electron chi connectivity index (χ1n) is 6.12. The Morgan fingerprint density at radius 2 is 1.47 bits per heavy atom. The Hall–Kier alpha value is -2.03. The van der Waals surface area contributed by atoms with Crippen LogP contribution in [0.5, 0.6) is 0 Å². The molecular weight excluding hydrogens is 246 g/mol. The van der Waals surface area contributed by atoms with Crippen molar-refractivity contribution in [2.45, 2.75) is 19.3 Å². The van der Waals surface area contributed by atoms with Crippen molar-refractivity contribution in [2.75, 3.05) is 0 Å². The number of Topliss-reactive ketones (excluding diaryl/α,β-unsaturated/α-hetero) is 1. The van der Waals surface area contributed by atoms with Crippen molar-refractivity contribution in [3.63, 3.8) is 0 Å². The molecule has 0 heterocycles. The van der Waals surface area contributed by atoms with Crippen LogP contribution in [-0.4, -0.2) is 11.7 Å². The topological polar surface area (TPSA) is 17.1 Å². The molecule has 0 aliphatic rings. The molecule has 0 amide bonds. The smallest absolute Gasteiger partial charge is 0.287 e. The summed E-state index contributed by atoms with van der Waals surface area (Å²) in [6.07, 6.45) is -0.480. The van der Waals surface area contributed by atoms with Gasteiger partial charge in [-0.05, 0) is 11.1 Å². The first-order valence-corrected chi connectivity index (χ1v) is 6.12. The molecule has 0 spiro atoms. The second-order valence-electron chi connectivity index (χ2n) is 4.33. The zero-order valence-corrected chi connectivity index (χ0v) is 10.6. The minimum absolute atomic E-state index is 0.0477. The Labute approximate surface area is 110 Å². The summed E-state index contributed by atoms with van der Waals surface area (Å²) in [5, 5.41) is 0. The van der Waals surface area contributed by atoms with Crippen LogP contribution in [0.25, 0.3) is 11.1 Å². The molecule has 98 valence electrons. The Bertz CT molecular complexity index is 559. The Morgan fingerprint density at radius 3 is 2.00 bits per heavy atom. The molecule has 0 N–H and O–H groups in total. The molecular formula is C16H14F2O. The largest absolute Gasteiger partial charge is 0.309 e. The lowest BCUT2D eigenvalue weighted by Gasteiger charge is -2.12. The lowest BCUT2D eigenvalue weighted by Crippen LogP contribution is -2.27. The van der Waals surface area contributed by atoms with E-state index < -0.39 is 18.1 Å². The van der Waals surface area contributed by atoms with E-state index in [1.807, 2.05) is 30.3 Å². The van der Waals surface area contributed by atoms with E-state index in [2.05, 4.69) is 0 Å². The first-order chi connectivity index (χ1) is 9.04. The number of halogens is 2. The van der Waals surface area contributed by atoms with Crippen LogP contribution >= 0.6 is 0 Å². The van der Waals surface area contributed by atoms with Crippen molar-refractivity contribution in [1.29, 1.82) is 0 Å². The molecule has 2 rings (SSSR count). The molecule has 0 aromatic heterocycles. The van der Waals surface area contributed by atoms with Crippen LogP contribution in [0.15, 0.2) is 54.6 Å². The summed E-state index contributed by atoms with van der Waals surface area (Å²) < 4.78 is 26.6. The maximum absolute atomic E-state index is 13.3. The second-order valence-corrected chi connectivity index (χ2v) is 4.33. The summed E-state index contributed by atoms with van der Waals surface area (Å²) in [5.74, 6) is -4.40.